The number of hydrogen-bond donors (Lipinski definition) is 2. The van der Waals surface area contributed by atoms with Gasteiger partial charge >= 0.3 is 5.97 Å². The highest BCUT2D eigenvalue weighted by molar-refractivity contribution is 7.94. The van der Waals surface area contributed by atoms with Crippen LogP contribution in [0.15, 0.2) is 59.4 Å². The van der Waals surface area contributed by atoms with E-state index in [4.69, 9.17) is 9.84 Å². The van der Waals surface area contributed by atoms with Crippen molar-refractivity contribution in [2.45, 2.75) is 17.1 Å². The van der Waals surface area contributed by atoms with Crippen molar-refractivity contribution in [3.05, 3.63) is 66.4 Å². The topological polar surface area (TPSA) is 106 Å². The Hall–Kier alpha value is -3.17. The summed E-state index contributed by atoms with van der Waals surface area (Å²) in [5.74, 6) is -0.443. The Morgan fingerprint density at radius 2 is 1.87 bits per heavy atom. The van der Waals surface area contributed by atoms with E-state index in [1.165, 1.54) is 44.3 Å². The number of sulfonamides is 1. The van der Waals surface area contributed by atoms with Crippen LogP contribution in [0.3, 0.4) is 0 Å². The van der Waals surface area contributed by atoms with Crippen LogP contribution in [-0.4, -0.2) is 31.6 Å². The summed E-state index contributed by atoms with van der Waals surface area (Å²) in [6.07, 6.45) is 3.67. The number of anilines is 1. The summed E-state index contributed by atoms with van der Waals surface area (Å²) in [7, 11) is -2.59. The van der Waals surface area contributed by atoms with Gasteiger partial charge in [0, 0.05) is 5.56 Å². The van der Waals surface area contributed by atoms with E-state index in [2.05, 4.69) is 16.3 Å². The molecule has 160 valence electrons. The number of nitrogens with zero attached hydrogens (tertiary/aromatic N) is 1. The van der Waals surface area contributed by atoms with Crippen LogP contribution in [0.1, 0.15) is 28.8 Å². The van der Waals surface area contributed by atoms with Crippen molar-refractivity contribution >= 4 is 38.6 Å². The highest BCUT2D eigenvalue weighted by atomic mass is 32.2. The molecule has 0 spiro atoms. The Morgan fingerprint density at radius 3 is 2.48 bits per heavy atom. The molecule has 0 amide bonds. The predicted molar refractivity (Wildman–Crippen MR) is 120 cm³/mol. The SMILES string of the molecule is C=C(c1ccc(-c2ncc(S(=O)(=O)Nc3ccc(C(=O)O)cc3OC)s2)cc1)C1CC1. The molecule has 1 aliphatic rings. The van der Waals surface area contributed by atoms with Gasteiger partial charge in [0.2, 0.25) is 0 Å². The molecule has 2 aromatic carbocycles. The van der Waals surface area contributed by atoms with Gasteiger partial charge in [-0.1, -0.05) is 30.8 Å². The molecule has 1 fully saturated rings. The molecule has 0 atom stereocenters. The van der Waals surface area contributed by atoms with Crippen LogP contribution < -0.4 is 9.46 Å². The second kappa shape index (κ2) is 8.16. The molecule has 1 saturated carbocycles. The first kappa shape index (κ1) is 21.1. The number of carbonyl (C=O) groups is 1. The number of allylic oxidation sites excluding steroid dienone is 1. The molecule has 0 saturated heterocycles. The standard InChI is InChI=1S/C22H20N2O5S2/c1-13(14-3-4-14)15-5-7-16(8-6-15)21-23-12-20(30-21)31(27,28)24-18-10-9-17(22(25)26)11-19(18)29-2/h5-12,14,24H,1,3-4H2,2H3,(H,25,26). The summed E-state index contributed by atoms with van der Waals surface area (Å²) in [5, 5.41) is 9.67. The zero-order valence-corrected chi connectivity index (χ0v) is 18.3. The van der Waals surface area contributed by atoms with Gasteiger partial charge in [-0.25, -0.2) is 18.2 Å². The van der Waals surface area contributed by atoms with Crippen molar-refractivity contribution in [1.82, 2.24) is 4.98 Å². The third-order valence-corrected chi connectivity index (χ3v) is 7.89. The number of carboxylic acids is 1. The molecule has 2 N–H and O–H groups in total. The number of aromatic nitrogens is 1. The minimum atomic E-state index is -3.93. The highest BCUT2D eigenvalue weighted by Crippen LogP contribution is 2.41. The lowest BCUT2D eigenvalue weighted by Gasteiger charge is -2.11. The van der Waals surface area contributed by atoms with E-state index in [0.717, 1.165) is 28.0 Å². The Morgan fingerprint density at radius 1 is 1.19 bits per heavy atom. The van der Waals surface area contributed by atoms with Crippen molar-refractivity contribution in [2.75, 3.05) is 11.8 Å². The second-order valence-electron chi connectivity index (χ2n) is 7.19. The molecule has 1 aliphatic carbocycles. The Balaban J connectivity index is 1.55. The number of hydrogen-bond acceptors (Lipinski definition) is 6. The van der Waals surface area contributed by atoms with Gasteiger partial charge in [-0.05, 0) is 48.1 Å². The third kappa shape index (κ3) is 4.47. The van der Waals surface area contributed by atoms with E-state index >= 15 is 0 Å². The van der Waals surface area contributed by atoms with E-state index in [-0.39, 0.29) is 21.2 Å². The molecule has 0 unspecified atom stereocenters. The van der Waals surface area contributed by atoms with Gasteiger partial charge in [0.15, 0.2) is 4.21 Å². The van der Waals surface area contributed by atoms with Gasteiger partial charge in [0.1, 0.15) is 10.8 Å². The van der Waals surface area contributed by atoms with Gasteiger partial charge in [-0.2, -0.15) is 0 Å². The second-order valence-corrected chi connectivity index (χ2v) is 10.1. The lowest BCUT2D eigenvalue weighted by Crippen LogP contribution is -2.12. The minimum Gasteiger partial charge on any atom is -0.495 e. The van der Waals surface area contributed by atoms with E-state index in [0.29, 0.717) is 10.9 Å². The quantitative estimate of drug-likeness (QED) is 0.507. The number of rotatable bonds is 8. The monoisotopic (exact) mass is 456 g/mol. The summed E-state index contributed by atoms with van der Waals surface area (Å²) < 4.78 is 33.3. The summed E-state index contributed by atoms with van der Waals surface area (Å²) >= 11 is 1.05. The Bertz CT molecular complexity index is 1260. The summed E-state index contributed by atoms with van der Waals surface area (Å²) in [5.41, 5.74) is 3.19. The van der Waals surface area contributed by atoms with E-state index in [1.54, 1.807) is 0 Å². The van der Waals surface area contributed by atoms with Crippen LogP contribution in [0.25, 0.3) is 16.1 Å². The van der Waals surface area contributed by atoms with Crippen LogP contribution in [0.5, 0.6) is 5.75 Å². The molecule has 3 aromatic rings. The number of benzene rings is 2. The first-order valence-electron chi connectivity index (χ1n) is 9.48. The Labute approximate surface area is 184 Å². The maximum Gasteiger partial charge on any atom is 0.335 e. The van der Waals surface area contributed by atoms with Gasteiger partial charge in [0.25, 0.3) is 10.0 Å². The fraction of sp³-hybridized carbons (Fsp3) is 0.182. The molecule has 31 heavy (non-hydrogen) atoms. The number of aromatic carboxylic acids is 1. The minimum absolute atomic E-state index is 0.00677. The summed E-state index contributed by atoms with van der Waals surface area (Å²) in [6, 6.07) is 11.7. The molecule has 0 radical (unpaired) electrons. The number of carboxylic acid groups (broad SMARTS) is 1. The zero-order chi connectivity index (χ0) is 22.2. The van der Waals surface area contributed by atoms with Gasteiger partial charge in [-0.15, -0.1) is 11.3 Å². The van der Waals surface area contributed by atoms with Crippen LogP contribution in [0, 0.1) is 5.92 Å². The van der Waals surface area contributed by atoms with Crippen molar-refractivity contribution < 1.29 is 23.1 Å². The maximum absolute atomic E-state index is 12.8. The van der Waals surface area contributed by atoms with Gasteiger partial charge < -0.3 is 9.84 Å². The average Bonchev–Trinajstić information content (AvgIpc) is 3.48. The van der Waals surface area contributed by atoms with Crippen LogP contribution >= 0.6 is 11.3 Å². The molecule has 4 rings (SSSR count). The van der Waals surface area contributed by atoms with Crippen molar-refractivity contribution in [3.63, 3.8) is 0 Å². The van der Waals surface area contributed by atoms with Crippen molar-refractivity contribution in [1.29, 1.82) is 0 Å². The predicted octanol–water partition coefficient (Wildman–Crippen LogP) is 4.74. The largest absolute Gasteiger partial charge is 0.495 e. The third-order valence-electron chi connectivity index (χ3n) is 5.01. The number of nitrogens with one attached hydrogen (secondary N) is 1. The van der Waals surface area contributed by atoms with Gasteiger partial charge in [0.05, 0.1) is 24.6 Å². The van der Waals surface area contributed by atoms with Crippen LogP contribution in [0.4, 0.5) is 5.69 Å². The molecule has 1 aromatic heterocycles. The fourth-order valence-electron chi connectivity index (χ4n) is 3.12. The Kier molecular flexibility index (Phi) is 5.55. The molecule has 9 heteroatoms. The first-order valence-corrected chi connectivity index (χ1v) is 11.8. The molecule has 1 heterocycles. The fourth-order valence-corrected chi connectivity index (χ4v) is 5.32. The normalized spacial score (nSPS) is 13.6. The average molecular weight is 457 g/mol. The van der Waals surface area contributed by atoms with Crippen LogP contribution in [0.2, 0.25) is 0 Å². The molecule has 0 bridgehead atoms. The molecular weight excluding hydrogens is 436 g/mol. The zero-order valence-electron chi connectivity index (χ0n) is 16.7. The van der Waals surface area contributed by atoms with Crippen molar-refractivity contribution in [2.24, 2.45) is 5.92 Å². The first-order chi connectivity index (χ1) is 14.8. The summed E-state index contributed by atoms with van der Waals surface area (Å²) in [6.45, 7) is 4.15. The number of thiazole rings is 1. The number of ether oxygens (including phenoxy) is 1. The molecule has 7 nitrogen and oxygen atoms in total. The van der Waals surface area contributed by atoms with Crippen molar-refractivity contribution in [3.8, 4) is 16.3 Å². The lowest BCUT2D eigenvalue weighted by atomic mass is 10.0. The maximum atomic E-state index is 12.8. The van der Waals surface area contributed by atoms with Gasteiger partial charge in [-0.3, -0.25) is 4.72 Å². The summed E-state index contributed by atoms with van der Waals surface area (Å²) in [4.78, 5) is 15.4. The van der Waals surface area contributed by atoms with E-state index in [9.17, 15) is 13.2 Å². The number of methoxy groups -OCH3 is 1. The lowest BCUT2D eigenvalue weighted by molar-refractivity contribution is 0.0696. The van der Waals surface area contributed by atoms with E-state index < -0.39 is 16.0 Å². The van der Waals surface area contributed by atoms with Crippen LogP contribution in [-0.2, 0) is 10.0 Å². The molecule has 0 aliphatic heterocycles. The smallest absolute Gasteiger partial charge is 0.335 e. The van der Waals surface area contributed by atoms with E-state index in [1.807, 2.05) is 24.3 Å². The highest BCUT2D eigenvalue weighted by Gasteiger charge is 2.25. The molecular formula is C22H20N2O5S2.